The topological polar surface area (TPSA) is 80.6 Å². The third-order valence-electron chi connectivity index (χ3n) is 3.75. The van der Waals surface area contributed by atoms with Gasteiger partial charge in [0.1, 0.15) is 17.4 Å². The van der Waals surface area contributed by atoms with E-state index >= 15 is 0 Å². The van der Waals surface area contributed by atoms with E-state index in [1.807, 2.05) is 19.9 Å². The minimum absolute atomic E-state index is 0.0134. The second kappa shape index (κ2) is 10.6. The van der Waals surface area contributed by atoms with Crippen molar-refractivity contribution in [1.82, 2.24) is 0 Å². The number of methoxy groups -OCH3 is 1. The number of ether oxygens (including phenoxy) is 3. The predicted octanol–water partition coefficient (Wildman–Crippen LogP) is 4.43. The number of carbonyl (C=O) groups is 1. The first-order valence-corrected chi connectivity index (χ1v) is 9.08. The molecule has 146 valence electrons. The summed E-state index contributed by atoms with van der Waals surface area (Å²) in [4.78, 5) is 12.4. The van der Waals surface area contributed by atoms with Gasteiger partial charge in [-0.15, -0.1) is 0 Å². The molecule has 6 heteroatoms. The molecule has 1 N–H and O–H groups in total. The van der Waals surface area contributed by atoms with E-state index < -0.39 is 5.91 Å². The highest BCUT2D eigenvalue weighted by atomic mass is 16.5. The van der Waals surface area contributed by atoms with Crippen LogP contribution in [0, 0.1) is 11.3 Å². The Labute approximate surface area is 165 Å². The summed E-state index contributed by atoms with van der Waals surface area (Å²) in [5, 5.41) is 12.1. The Morgan fingerprint density at radius 2 is 1.86 bits per heavy atom. The molecular weight excluding hydrogens is 356 g/mol. The van der Waals surface area contributed by atoms with Crippen LogP contribution in [0.3, 0.4) is 0 Å². The number of amides is 1. The molecule has 0 spiro atoms. The summed E-state index contributed by atoms with van der Waals surface area (Å²) in [6, 6.07) is 14.2. The van der Waals surface area contributed by atoms with E-state index in [9.17, 15) is 10.1 Å². The molecule has 0 unspecified atom stereocenters. The molecule has 0 atom stereocenters. The maximum atomic E-state index is 12.4. The molecule has 2 rings (SSSR count). The molecule has 0 aromatic heterocycles. The number of hydrogen-bond acceptors (Lipinski definition) is 5. The van der Waals surface area contributed by atoms with E-state index in [4.69, 9.17) is 14.2 Å². The van der Waals surface area contributed by atoms with Gasteiger partial charge in [-0.3, -0.25) is 4.79 Å². The van der Waals surface area contributed by atoms with Crippen LogP contribution < -0.4 is 19.5 Å². The van der Waals surface area contributed by atoms with Crippen LogP contribution in [0.25, 0.3) is 6.08 Å². The fourth-order valence-corrected chi connectivity index (χ4v) is 2.42. The lowest BCUT2D eigenvalue weighted by Crippen LogP contribution is -2.13. The van der Waals surface area contributed by atoms with Gasteiger partial charge < -0.3 is 19.5 Å². The normalized spacial score (nSPS) is 10.7. The van der Waals surface area contributed by atoms with Gasteiger partial charge in [0.2, 0.25) is 0 Å². The first-order valence-electron chi connectivity index (χ1n) is 9.08. The Bertz CT molecular complexity index is 867. The van der Waals surface area contributed by atoms with Gasteiger partial charge >= 0.3 is 0 Å². The van der Waals surface area contributed by atoms with E-state index in [0.717, 1.165) is 12.2 Å². The lowest BCUT2D eigenvalue weighted by atomic mass is 10.1. The fraction of sp³-hybridized carbons (Fsp3) is 0.273. The van der Waals surface area contributed by atoms with E-state index in [1.54, 1.807) is 49.6 Å². The van der Waals surface area contributed by atoms with Crippen molar-refractivity contribution in [1.29, 1.82) is 5.26 Å². The van der Waals surface area contributed by atoms with Crippen molar-refractivity contribution in [3.63, 3.8) is 0 Å². The van der Waals surface area contributed by atoms with Gasteiger partial charge in [-0.25, -0.2) is 0 Å². The van der Waals surface area contributed by atoms with Crippen LogP contribution in [0.4, 0.5) is 5.69 Å². The van der Waals surface area contributed by atoms with Crippen LogP contribution in [0.2, 0.25) is 0 Å². The Morgan fingerprint density at radius 3 is 2.46 bits per heavy atom. The quantitative estimate of drug-likeness (QED) is 0.514. The summed E-state index contributed by atoms with van der Waals surface area (Å²) in [5.41, 5.74) is 1.24. The van der Waals surface area contributed by atoms with Crippen LogP contribution in [-0.4, -0.2) is 26.2 Å². The van der Waals surface area contributed by atoms with Crippen molar-refractivity contribution in [2.45, 2.75) is 20.3 Å². The van der Waals surface area contributed by atoms with Crippen LogP contribution in [-0.2, 0) is 4.79 Å². The number of carbonyl (C=O) groups excluding carboxylic acids is 1. The molecule has 0 fully saturated rings. The lowest BCUT2D eigenvalue weighted by molar-refractivity contribution is -0.112. The second-order valence-corrected chi connectivity index (χ2v) is 5.84. The van der Waals surface area contributed by atoms with E-state index in [1.165, 1.54) is 6.08 Å². The molecule has 2 aromatic carbocycles. The largest absolute Gasteiger partial charge is 0.494 e. The molecule has 0 bridgehead atoms. The molecule has 0 saturated carbocycles. The van der Waals surface area contributed by atoms with Gasteiger partial charge in [-0.05, 0) is 61.4 Å². The highest BCUT2D eigenvalue weighted by Crippen LogP contribution is 2.29. The van der Waals surface area contributed by atoms with Gasteiger partial charge in [-0.2, -0.15) is 5.26 Å². The zero-order chi connectivity index (χ0) is 20.4. The highest BCUT2D eigenvalue weighted by Gasteiger charge is 2.11. The zero-order valence-corrected chi connectivity index (χ0v) is 16.3. The summed E-state index contributed by atoms with van der Waals surface area (Å²) in [6.45, 7) is 5.03. The third-order valence-corrected chi connectivity index (χ3v) is 3.75. The predicted molar refractivity (Wildman–Crippen MR) is 109 cm³/mol. The highest BCUT2D eigenvalue weighted by molar-refractivity contribution is 6.09. The van der Waals surface area contributed by atoms with Crippen LogP contribution in [0.15, 0.2) is 48.0 Å². The minimum Gasteiger partial charge on any atom is -0.494 e. The number of benzene rings is 2. The van der Waals surface area contributed by atoms with E-state index in [0.29, 0.717) is 36.0 Å². The molecular formula is C22H24N2O4. The van der Waals surface area contributed by atoms with Crippen molar-refractivity contribution in [2.24, 2.45) is 0 Å². The first-order chi connectivity index (χ1) is 13.6. The van der Waals surface area contributed by atoms with Gasteiger partial charge in [-0.1, -0.05) is 13.0 Å². The maximum absolute atomic E-state index is 12.4. The standard InChI is InChI=1S/C22H24N2O4/c1-4-12-28-21-14-16(6-11-20(21)26-3)13-17(15-23)22(25)24-18-7-9-19(10-8-18)27-5-2/h6-11,13-14H,4-5,12H2,1-3H3,(H,24,25)/b17-13+. The van der Waals surface area contributed by atoms with Gasteiger partial charge in [0.15, 0.2) is 11.5 Å². The number of nitrogens with one attached hydrogen (secondary N) is 1. The SMILES string of the molecule is CCCOc1cc(/C=C(\C#N)C(=O)Nc2ccc(OCC)cc2)ccc1OC. The van der Waals surface area contributed by atoms with Crippen LogP contribution >= 0.6 is 0 Å². The number of nitrogens with zero attached hydrogens (tertiary/aromatic N) is 1. The monoisotopic (exact) mass is 380 g/mol. The van der Waals surface area contributed by atoms with Gasteiger partial charge in [0.05, 0.1) is 20.3 Å². The van der Waals surface area contributed by atoms with Crippen molar-refractivity contribution in [3.8, 4) is 23.3 Å². The van der Waals surface area contributed by atoms with Gasteiger partial charge in [0.25, 0.3) is 5.91 Å². The molecule has 28 heavy (non-hydrogen) atoms. The molecule has 0 aliphatic rings. The maximum Gasteiger partial charge on any atom is 0.266 e. The lowest BCUT2D eigenvalue weighted by Gasteiger charge is -2.11. The molecule has 0 aliphatic carbocycles. The Hall–Kier alpha value is -3.46. The first kappa shape index (κ1) is 20.8. The number of anilines is 1. The Balaban J connectivity index is 2.17. The summed E-state index contributed by atoms with van der Waals surface area (Å²) >= 11 is 0. The van der Waals surface area contributed by atoms with Crippen molar-refractivity contribution in [2.75, 3.05) is 25.6 Å². The third kappa shape index (κ3) is 5.78. The summed E-state index contributed by atoms with van der Waals surface area (Å²) in [7, 11) is 1.56. The van der Waals surface area contributed by atoms with Gasteiger partial charge in [0, 0.05) is 5.69 Å². The van der Waals surface area contributed by atoms with Crippen molar-refractivity contribution in [3.05, 3.63) is 53.6 Å². The zero-order valence-electron chi connectivity index (χ0n) is 16.3. The molecule has 0 heterocycles. The Morgan fingerprint density at radius 1 is 1.11 bits per heavy atom. The number of hydrogen-bond donors (Lipinski definition) is 1. The smallest absolute Gasteiger partial charge is 0.266 e. The van der Waals surface area contributed by atoms with E-state index in [2.05, 4.69) is 5.32 Å². The average Bonchev–Trinajstić information content (AvgIpc) is 2.72. The number of rotatable bonds is 9. The summed E-state index contributed by atoms with van der Waals surface area (Å²) < 4.78 is 16.3. The molecule has 0 aliphatic heterocycles. The molecule has 0 radical (unpaired) electrons. The fourth-order valence-electron chi connectivity index (χ4n) is 2.42. The van der Waals surface area contributed by atoms with Crippen LogP contribution in [0.5, 0.6) is 17.2 Å². The number of nitriles is 1. The molecule has 6 nitrogen and oxygen atoms in total. The average molecular weight is 380 g/mol. The van der Waals surface area contributed by atoms with E-state index in [-0.39, 0.29) is 5.57 Å². The summed E-state index contributed by atoms with van der Waals surface area (Å²) in [6.07, 6.45) is 2.37. The molecule has 1 amide bonds. The second-order valence-electron chi connectivity index (χ2n) is 5.84. The molecule has 0 saturated heterocycles. The van der Waals surface area contributed by atoms with Crippen LogP contribution in [0.1, 0.15) is 25.8 Å². The molecule has 2 aromatic rings. The van der Waals surface area contributed by atoms with Crippen molar-refractivity contribution >= 4 is 17.7 Å². The Kier molecular flexibility index (Phi) is 7.92. The minimum atomic E-state index is -0.487. The summed E-state index contributed by atoms with van der Waals surface area (Å²) in [5.74, 6) is 1.40. The van der Waals surface area contributed by atoms with Crippen molar-refractivity contribution < 1.29 is 19.0 Å².